The molecule has 5 N–H and O–H groups in total. The van der Waals surface area contributed by atoms with Crippen LogP contribution in [0.3, 0.4) is 0 Å². The van der Waals surface area contributed by atoms with Gasteiger partial charge in [-0.1, -0.05) is 27.7 Å². The van der Waals surface area contributed by atoms with Crippen LogP contribution in [-0.4, -0.2) is 50.6 Å². The number of imidazole rings is 1. The van der Waals surface area contributed by atoms with E-state index in [1.165, 1.54) is 7.05 Å². The monoisotopic (exact) mass is 432 g/mol. The second kappa shape index (κ2) is 10.6. The minimum atomic E-state index is -3.98. The zero-order valence-corrected chi connectivity index (χ0v) is 18.5. The Balaban J connectivity index is 2.99. The molecule has 11 heteroatoms. The summed E-state index contributed by atoms with van der Waals surface area (Å²) >= 11 is 0. The molecular formula is C18H33N4O6P. The summed E-state index contributed by atoms with van der Waals surface area (Å²) in [6.45, 7) is 7.62. The summed E-state index contributed by atoms with van der Waals surface area (Å²) in [5.74, 6) is -1.85. The molecule has 1 heterocycles. The molecule has 166 valence electrons. The predicted molar refractivity (Wildman–Crippen MR) is 110 cm³/mol. The van der Waals surface area contributed by atoms with Crippen molar-refractivity contribution in [3.05, 3.63) is 16.7 Å². The third-order valence-corrected chi connectivity index (χ3v) is 6.16. The quantitative estimate of drug-likeness (QED) is 0.329. The van der Waals surface area contributed by atoms with Crippen LogP contribution in [-0.2, 0) is 20.4 Å². The lowest BCUT2D eigenvalue weighted by Gasteiger charge is -2.25. The normalized spacial score (nSPS) is 15.7. The van der Waals surface area contributed by atoms with Crippen molar-refractivity contribution < 1.29 is 24.2 Å². The van der Waals surface area contributed by atoms with E-state index < -0.39 is 43.1 Å². The van der Waals surface area contributed by atoms with E-state index in [1.54, 1.807) is 0 Å². The number of H-pyrrole nitrogens is 1. The first-order chi connectivity index (χ1) is 13.4. The van der Waals surface area contributed by atoms with Crippen LogP contribution in [0.15, 0.2) is 11.0 Å². The van der Waals surface area contributed by atoms with Crippen LogP contribution >= 0.6 is 7.37 Å². The first-order valence-electron chi connectivity index (χ1n) is 9.66. The third-order valence-electron chi connectivity index (χ3n) is 4.43. The van der Waals surface area contributed by atoms with E-state index in [4.69, 9.17) is 0 Å². The Kier molecular flexibility index (Phi) is 9.16. The molecule has 0 radical (unpaired) electrons. The number of aromatic nitrogens is 2. The summed E-state index contributed by atoms with van der Waals surface area (Å²) < 4.78 is 13.5. The third kappa shape index (κ3) is 8.06. The highest BCUT2D eigenvalue weighted by atomic mass is 31.2. The van der Waals surface area contributed by atoms with Gasteiger partial charge in [0.1, 0.15) is 12.3 Å². The van der Waals surface area contributed by atoms with Crippen molar-refractivity contribution in [3.8, 4) is 5.88 Å². The van der Waals surface area contributed by atoms with Gasteiger partial charge in [0, 0.05) is 19.1 Å². The van der Waals surface area contributed by atoms with Gasteiger partial charge in [-0.05, 0) is 24.7 Å². The van der Waals surface area contributed by atoms with Crippen molar-refractivity contribution in [2.24, 2.45) is 17.8 Å². The molecule has 0 fully saturated rings. The van der Waals surface area contributed by atoms with Gasteiger partial charge in [0.05, 0.1) is 6.20 Å². The van der Waals surface area contributed by atoms with E-state index in [2.05, 4.69) is 15.6 Å². The average molecular weight is 432 g/mol. The van der Waals surface area contributed by atoms with Crippen molar-refractivity contribution in [1.82, 2.24) is 20.2 Å². The number of nitrogens with zero attached hydrogens (tertiary/aromatic N) is 1. The predicted octanol–water partition coefficient (Wildman–Crippen LogP) is 1.05. The van der Waals surface area contributed by atoms with Crippen LogP contribution in [0.1, 0.15) is 40.5 Å². The standard InChI is InChI=1S/C18H33N4O6P/c1-11(2)6-13(16(24)21-14(7-12(3)4)17(25)19-5)9-29(27,28)10-22-15(23)8-20-18(22)26/h8,11-14,23H,6-7,9-10H2,1-5H3,(H,19,25)(H,20,26)(H,21,24)(H,27,28)/t13?,14-/m0/s1. The van der Waals surface area contributed by atoms with E-state index in [9.17, 15) is 28.9 Å². The Morgan fingerprint density at radius 3 is 2.21 bits per heavy atom. The highest BCUT2D eigenvalue weighted by Gasteiger charge is 2.33. The minimum Gasteiger partial charge on any atom is -0.493 e. The molecule has 0 aliphatic rings. The fourth-order valence-electron chi connectivity index (χ4n) is 3.15. The van der Waals surface area contributed by atoms with E-state index in [0.717, 1.165) is 10.8 Å². The summed E-state index contributed by atoms with van der Waals surface area (Å²) in [5, 5.41) is 14.9. The van der Waals surface area contributed by atoms with Gasteiger partial charge in [-0.2, -0.15) is 0 Å². The number of hydrogen-bond donors (Lipinski definition) is 5. The summed E-state index contributed by atoms with van der Waals surface area (Å²) in [4.78, 5) is 49.3. The van der Waals surface area contributed by atoms with Gasteiger partial charge < -0.3 is 25.6 Å². The van der Waals surface area contributed by atoms with E-state index in [1.807, 2.05) is 27.7 Å². The fraction of sp³-hybridized carbons (Fsp3) is 0.722. The average Bonchev–Trinajstić information content (AvgIpc) is 2.90. The Morgan fingerprint density at radius 2 is 1.76 bits per heavy atom. The molecule has 0 saturated carbocycles. The molecule has 29 heavy (non-hydrogen) atoms. The van der Waals surface area contributed by atoms with Crippen molar-refractivity contribution in [2.45, 2.75) is 52.9 Å². The molecule has 1 aromatic rings. The number of aromatic hydroxyl groups is 1. The van der Waals surface area contributed by atoms with E-state index in [-0.39, 0.29) is 23.9 Å². The second-order valence-electron chi connectivity index (χ2n) is 8.18. The second-order valence-corrected chi connectivity index (χ2v) is 10.5. The molecule has 0 aliphatic heterocycles. The van der Waals surface area contributed by atoms with Crippen LogP contribution in [0.5, 0.6) is 5.88 Å². The Labute approximate surface area is 170 Å². The molecule has 1 aromatic heterocycles. The van der Waals surface area contributed by atoms with E-state index >= 15 is 0 Å². The van der Waals surface area contributed by atoms with Crippen LogP contribution in [0.4, 0.5) is 0 Å². The number of nitrogens with one attached hydrogen (secondary N) is 3. The van der Waals surface area contributed by atoms with Gasteiger partial charge in [-0.25, -0.2) is 4.79 Å². The topological polar surface area (TPSA) is 154 Å². The van der Waals surface area contributed by atoms with Gasteiger partial charge in [-0.15, -0.1) is 0 Å². The zero-order valence-electron chi connectivity index (χ0n) is 17.6. The molecule has 2 unspecified atom stereocenters. The molecule has 0 saturated heterocycles. The molecular weight excluding hydrogens is 399 g/mol. The van der Waals surface area contributed by atoms with Crippen LogP contribution in [0.25, 0.3) is 0 Å². The Morgan fingerprint density at radius 1 is 1.17 bits per heavy atom. The van der Waals surface area contributed by atoms with Crippen LogP contribution in [0.2, 0.25) is 0 Å². The number of likely N-dealkylation sites (N-methyl/N-ethyl adjacent to an activating group) is 1. The molecule has 0 spiro atoms. The molecule has 0 aromatic carbocycles. The van der Waals surface area contributed by atoms with Gasteiger partial charge in [0.15, 0.2) is 0 Å². The first-order valence-corrected chi connectivity index (χ1v) is 11.7. The molecule has 10 nitrogen and oxygen atoms in total. The summed E-state index contributed by atoms with van der Waals surface area (Å²) in [6, 6.07) is -0.739. The summed E-state index contributed by atoms with van der Waals surface area (Å²) in [7, 11) is -2.50. The maximum Gasteiger partial charge on any atom is 0.328 e. The maximum atomic E-state index is 12.9. The van der Waals surface area contributed by atoms with Gasteiger partial charge in [-0.3, -0.25) is 18.7 Å². The lowest BCUT2D eigenvalue weighted by atomic mass is 9.96. The number of aromatic amines is 1. The summed E-state index contributed by atoms with van der Waals surface area (Å²) in [6.07, 6.45) is 0.834. The fourth-order valence-corrected chi connectivity index (χ4v) is 4.98. The lowest BCUT2D eigenvalue weighted by molar-refractivity contribution is -0.131. The number of carbonyl (C=O) groups is 2. The van der Waals surface area contributed by atoms with E-state index in [0.29, 0.717) is 12.8 Å². The van der Waals surface area contributed by atoms with Crippen LogP contribution < -0.4 is 16.3 Å². The Hall–Kier alpha value is -2.06. The molecule has 0 bridgehead atoms. The lowest BCUT2D eigenvalue weighted by Crippen LogP contribution is -2.49. The van der Waals surface area contributed by atoms with Crippen LogP contribution in [0, 0.1) is 17.8 Å². The molecule has 2 amide bonds. The van der Waals surface area contributed by atoms with Gasteiger partial charge >= 0.3 is 5.69 Å². The number of rotatable bonds is 11. The largest absolute Gasteiger partial charge is 0.493 e. The zero-order chi connectivity index (χ0) is 22.4. The van der Waals surface area contributed by atoms with Crippen molar-refractivity contribution >= 4 is 19.2 Å². The first kappa shape index (κ1) is 25.0. The molecule has 3 atom stereocenters. The molecule has 1 rings (SSSR count). The highest BCUT2D eigenvalue weighted by molar-refractivity contribution is 7.56. The van der Waals surface area contributed by atoms with Gasteiger partial charge in [0.2, 0.25) is 25.1 Å². The Bertz CT molecular complexity index is 801. The minimum absolute atomic E-state index is 0.0673. The maximum absolute atomic E-state index is 12.9. The van der Waals surface area contributed by atoms with Crippen molar-refractivity contribution in [2.75, 3.05) is 13.2 Å². The molecule has 0 aliphatic carbocycles. The number of hydrogen-bond acceptors (Lipinski definition) is 5. The number of carbonyl (C=O) groups excluding carboxylic acids is 2. The highest BCUT2D eigenvalue weighted by Crippen LogP contribution is 2.45. The van der Waals surface area contributed by atoms with Gasteiger partial charge in [0.25, 0.3) is 0 Å². The van der Waals surface area contributed by atoms with Crippen molar-refractivity contribution in [1.29, 1.82) is 0 Å². The van der Waals surface area contributed by atoms with Crippen molar-refractivity contribution in [3.63, 3.8) is 0 Å². The SMILES string of the molecule is CNC(=O)[C@H](CC(C)C)NC(=O)C(CC(C)C)CP(=O)(O)Cn1c(O)c[nH]c1=O. The number of amides is 2. The smallest absolute Gasteiger partial charge is 0.328 e. The summed E-state index contributed by atoms with van der Waals surface area (Å²) in [5.41, 5.74) is -0.710.